The number of benzene rings is 1. The molecule has 1 aromatic rings. The van der Waals surface area contributed by atoms with Crippen molar-refractivity contribution in [2.75, 3.05) is 32.1 Å². The predicted molar refractivity (Wildman–Crippen MR) is 140 cm³/mol. The SMILES string of the molecule is CCC(NC(C)=O)C(=O)N1CC(=O)C2C1CCN2C(=O)C(CC(C)C)NC(=O)c1ccc(N(C)C)cc1. The topological polar surface area (TPSA) is 119 Å². The highest BCUT2D eigenvalue weighted by atomic mass is 16.2. The van der Waals surface area contributed by atoms with Crippen molar-refractivity contribution in [1.82, 2.24) is 20.4 Å². The van der Waals surface area contributed by atoms with E-state index >= 15 is 0 Å². The van der Waals surface area contributed by atoms with Gasteiger partial charge in [-0.1, -0.05) is 20.8 Å². The molecule has 2 heterocycles. The van der Waals surface area contributed by atoms with Gasteiger partial charge in [0.15, 0.2) is 5.78 Å². The van der Waals surface area contributed by atoms with Gasteiger partial charge in [0.2, 0.25) is 17.7 Å². The van der Waals surface area contributed by atoms with Crippen LogP contribution in [0.4, 0.5) is 5.69 Å². The average Bonchev–Trinajstić information content (AvgIpc) is 3.42. The smallest absolute Gasteiger partial charge is 0.251 e. The lowest BCUT2D eigenvalue weighted by molar-refractivity contribution is -0.138. The van der Waals surface area contributed by atoms with E-state index in [0.29, 0.717) is 31.4 Å². The first kappa shape index (κ1) is 28.1. The van der Waals surface area contributed by atoms with Crippen molar-refractivity contribution in [3.8, 4) is 0 Å². The summed E-state index contributed by atoms with van der Waals surface area (Å²) in [6.07, 6.45) is 1.30. The molecule has 2 saturated heterocycles. The summed E-state index contributed by atoms with van der Waals surface area (Å²) in [4.78, 5) is 69.3. The first-order valence-corrected chi connectivity index (χ1v) is 12.9. The highest BCUT2D eigenvalue weighted by molar-refractivity contribution is 6.01. The Kier molecular flexibility index (Phi) is 8.94. The summed E-state index contributed by atoms with van der Waals surface area (Å²) in [7, 11) is 3.83. The minimum atomic E-state index is -0.792. The van der Waals surface area contributed by atoms with Gasteiger partial charge in [0.1, 0.15) is 18.1 Å². The summed E-state index contributed by atoms with van der Waals surface area (Å²) in [6, 6.07) is 4.45. The number of likely N-dealkylation sites (tertiary alicyclic amines) is 2. The molecule has 4 amide bonds. The standard InChI is InChI=1S/C27H39N5O5/c1-7-20(28-17(4)33)26(36)32-15-23(34)24-22(32)12-13-31(24)27(37)21(14-16(2)3)29-25(35)18-8-10-19(11-9-18)30(5)6/h8-11,16,20-22,24H,7,12-15H2,1-6H3,(H,28,33)(H,29,35). The number of rotatable bonds is 9. The van der Waals surface area contributed by atoms with Crippen molar-refractivity contribution in [2.24, 2.45) is 5.92 Å². The molecule has 0 radical (unpaired) electrons. The maximum absolute atomic E-state index is 13.7. The van der Waals surface area contributed by atoms with Crippen LogP contribution in [-0.4, -0.2) is 90.6 Å². The number of amides is 4. The molecule has 10 heteroatoms. The third-order valence-electron chi connectivity index (χ3n) is 7.03. The molecule has 202 valence electrons. The molecule has 2 N–H and O–H groups in total. The van der Waals surface area contributed by atoms with Crippen LogP contribution in [0.1, 0.15) is 57.3 Å². The predicted octanol–water partition coefficient (Wildman–Crippen LogP) is 1.19. The molecule has 4 unspecified atom stereocenters. The molecule has 0 bridgehead atoms. The number of hydrogen-bond donors (Lipinski definition) is 2. The zero-order valence-corrected chi connectivity index (χ0v) is 22.6. The van der Waals surface area contributed by atoms with Crippen molar-refractivity contribution >= 4 is 35.1 Å². The van der Waals surface area contributed by atoms with E-state index in [1.807, 2.05) is 45.0 Å². The number of hydrogen-bond acceptors (Lipinski definition) is 6. The fourth-order valence-electron chi connectivity index (χ4n) is 5.19. The van der Waals surface area contributed by atoms with E-state index < -0.39 is 24.2 Å². The van der Waals surface area contributed by atoms with Gasteiger partial charge in [-0.2, -0.15) is 0 Å². The first-order valence-electron chi connectivity index (χ1n) is 12.9. The van der Waals surface area contributed by atoms with Gasteiger partial charge in [0.05, 0.1) is 12.6 Å². The zero-order chi connectivity index (χ0) is 27.4. The molecule has 3 rings (SSSR count). The van der Waals surface area contributed by atoms with Crippen LogP contribution in [0.15, 0.2) is 24.3 Å². The van der Waals surface area contributed by atoms with E-state index in [2.05, 4.69) is 10.6 Å². The maximum atomic E-state index is 13.7. The van der Waals surface area contributed by atoms with Crippen LogP contribution >= 0.6 is 0 Å². The molecule has 37 heavy (non-hydrogen) atoms. The number of carbonyl (C=O) groups is 5. The summed E-state index contributed by atoms with van der Waals surface area (Å²) in [5.74, 6) is -1.35. The second-order valence-corrected chi connectivity index (χ2v) is 10.5. The summed E-state index contributed by atoms with van der Waals surface area (Å²) < 4.78 is 0. The Balaban J connectivity index is 1.76. The fourth-order valence-corrected chi connectivity index (χ4v) is 5.19. The van der Waals surface area contributed by atoms with Crippen molar-refractivity contribution < 1.29 is 24.0 Å². The lowest BCUT2D eigenvalue weighted by Gasteiger charge is -2.29. The van der Waals surface area contributed by atoms with Gasteiger partial charge < -0.3 is 25.3 Å². The Morgan fingerprint density at radius 3 is 2.16 bits per heavy atom. The second kappa shape index (κ2) is 11.7. The van der Waals surface area contributed by atoms with Crippen molar-refractivity contribution in [1.29, 1.82) is 0 Å². The van der Waals surface area contributed by atoms with E-state index in [0.717, 1.165) is 5.69 Å². The molecule has 0 saturated carbocycles. The van der Waals surface area contributed by atoms with Crippen molar-refractivity contribution in [2.45, 2.75) is 71.1 Å². The van der Waals surface area contributed by atoms with Gasteiger partial charge >= 0.3 is 0 Å². The monoisotopic (exact) mass is 513 g/mol. The van der Waals surface area contributed by atoms with Gasteiger partial charge in [-0.25, -0.2) is 0 Å². The normalized spacial score (nSPS) is 20.5. The molecule has 2 aliphatic heterocycles. The summed E-state index contributed by atoms with van der Waals surface area (Å²) in [6.45, 7) is 7.32. The molecule has 0 aliphatic carbocycles. The molecular weight excluding hydrogens is 474 g/mol. The van der Waals surface area contributed by atoms with E-state index in [4.69, 9.17) is 0 Å². The van der Waals surface area contributed by atoms with Crippen LogP contribution in [0.2, 0.25) is 0 Å². The molecule has 2 aliphatic rings. The highest BCUT2D eigenvalue weighted by Gasteiger charge is 2.52. The molecule has 0 aromatic heterocycles. The summed E-state index contributed by atoms with van der Waals surface area (Å²) in [5.41, 5.74) is 1.40. The van der Waals surface area contributed by atoms with Crippen LogP contribution in [-0.2, 0) is 19.2 Å². The third kappa shape index (κ3) is 6.29. The van der Waals surface area contributed by atoms with Crippen molar-refractivity contribution in [3.05, 3.63) is 29.8 Å². The van der Waals surface area contributed by atoms with E-state index in [1.165, 1.54) is 16.7 Å². The fraction of sp³-hybridized carbons (Fsp3) is 0.593. The number of carbonyl (C=O) groups excluding carboxylic acids is 5. The Hall–Kier alpha value is -3.43. The quantitative estimate of drug-likeness (QED) is 0.512. The molecule has 2 fully saturated rings. The number of anilines is 1. The van der Waals surface area contributed by atoms with Gasteiger partial charge in [-0.3, -0.25) is 24.0 Å². The number of fused-ring (bicyclic) bond motifs is 1. The van der Waals surface area contributed by atoms with Crippen LogP contribution in [0, 0.1) is 5.92 Å². The number of Topliss-reactive ketones (excluding diaryl/α,β-unsaturated/α-hetero) is 1. The lowest BCUT2D eigenvalue weighted by Crippen LogP contribution is -2.53. The Morgan fingerprint density at radius 1 is 1.00 bits per heavy atom. The Morgan fingerprint density at radius 2 is 1.62 bits per heavy atom. The van der Waals surface area contributed by atoms with Crippen LogP contribution in [0.5, 0.6) is 0 Å². The number of ketones is 1. The molecule has 1 aromatic carbocycles. The van der Waals surface area contributed by atoms with Gasteiger partial charge in [0.25, 0.3) is 5.91 Å². The second-order valence-electron chi connectivity index (χ2n) is 10.5. The van der Waals surface area contributed by atoms with Gasteiger partial charge in [-0.15, -0.1) is 0 Å². The van der Waals surface area contributed by atoms with Gasteiger partial charge in [0, 0.05) is 38.8 Å². The molecule has 10 nitrogen and oxygen atoms in total. The highest BCUT2D eigenvalue weighted by Crippen LogP contribution is 2.31. The molecule has 0 spiro atoms. The Labute approximate surface area is 218 Å². The average molecular weight is 514 g/mol. The van der Waals surface area contributed by atoms with Crippen LogP contribution in [0.25, 0.3) is 0 Å². The zero-order valence-electron chi connectivity index (χ0n) is 22.6. The van der Waals surface area contributed by atoms with Crippen LogP contribution < -0.4 is 15.5 Å². The van der Waals surface area contributed by atoms with Crippen LogP contribution in [0.3, 0.4) is 0 Å². The third-order valence-corrected chi connectivity index (χ3v) is 7.03. The Bertz CT molecular complexity index is 1040. The lowest BCUT2D eigenvalue weighted by atomic mass is 10.0. The minimum absolute atomic E-state index is 0.0898. The minimum Gasteiger partial charge on any atom is -0.378 e. The summed E-state index contributed by atoms with van der Waals surface area (Å²) in [5, 5.41) is 5.53. The van der Waals surface area contributed by atoms with Gasteiger partial charge in [-0.05, 0) is 49.4 Å². The number of nitrogens with one attached hydrogen (secondary N) is 2. The molecule has 4 atom stereocenters. The largest absolute Gasteiger partial charge is 0.378 e. The van der Waals surface area contributed by atoms with E-state index in [9.17, 15) is 24.0 Å². The maximum Gasteiger partial charge on any atom is 0.251 e. The number of nitrogens with zero attached hydrogens (tertiary/aromatic N) is 3. The van der Waals surface area contributed by atoms with E-state index in [1.54, 1.807) is 19.1 Å². The summed E-state index contributed by atoms with van der Waals surface area (Å²) >= 11 is 0. The molecular formula is C27H39N5O5. The first-order chi connectivity index (χ1) is 17.4. The van der Waals surface area contributed by atoms with E-state index in [-0.39, 0.29) is 41.9 Å². The van der Waals surface area contributed by atoms with Crippen molar-refractivity contribution in [3.63, 3.8) is 0 Å².